The van der Waals surface area contributed by atoms with Gasteiger partial charge < -0.3 is 10.2 Å². The third kappa shape index (κ3) is 4.72. The molecule has 1 aromatic rings. The van der Waals surface area contributed by atoms with Crippen molar-refractivity contribution in [2.24, 2.45) is 0 Å². The van der Waals surface area contributed by atoms with Crippen LogP contribution in [0.25, 0.3) is 0 Å². The second kappa shape index (κ2) is 8.54. The van der Waals surface area contributed by atoms with E-state index < -0.39 is 0 Å². The van der Waals surface area contributed by atoms with Gasteiger partial charge in [0.1, 0.15) is 0 Å². The van der Waals surface area contributed by atoms with Crippen LogP contribution in [0.3, 0.4) is 0 Å². The highest BCUT2D eigenvalue weighted by molar-refractivity contribution is 5.85. The van der Waals surface area contributed by atoms with E-state index >= 15 is 0 Å². The number of benzene rings is 1. The Morgan fingerprint density at radius 1 is 1.23 bits per heavy atom. The molecule has 4 heteroatoms. The molecule has 2 unspecified atom stereocenters. The van der Waals surface area contributed by atoms with Crippen LogP contribution in [0.1, 0.15) is 56.6 Å². The third-order valence-electron chi connectivity index (χ3n) is 4.63. The summed E-state index contributed by atoms with van der Waals surface area (Å²) in [5.41, 5.74) is 2.61. The van der Waals surface area contributed by atoms with E-state index in [1.54, 1.807) is 0 Å². The lowest BCUT2D eigenvalue weighted by Crippen LogP contribution is -2.38. The van der Waals surface area contributed by atoms with E-state index in [-0.39, 0.29) is 24.2 Å². The molecule has 2 rings (SSSR count). The van der Waals surface area contributed by atoms with Crippen molar-refractivity contribution < 1.29 is 4.79 Å². The Labute approximate surface area is 140 Å². The SMILES string of the molecule is CC(C)c1ccc(C(C)CC(=O)N(C)C2CCNC2)cc1.Cl. The third-order valence-corrected chi connectivity index (χ3v) is 4.63. The average molecular weight is 325 g/mol. The Kier molecular flexibility index (Phi) is 7.37. The highest BCUT2D eigenvalue weighted by Crippen LogP contribution is 2.23. The Balaban J connectivity index is 0.00000242. The highest BCUT2D eigenvalue weighted by Gasteiger charge is 2.24. The van der Waals surface area contributed by atoms with Gasteiger partial charge in [-0.05, 0) is 35.9 Å². The molecule has 3 nitrogen and oxygen atoms in total. The minimum atomic E-state index is 0. The molecule has 2 atom stereocenters. The molecule has 0 saturated carbocycles. The highest BCUT2D eigenvalue weighted by atomic mass is 35.5. The van der Waals surface area contributed by atoms with Crippen molar-refractivity contribution in [3.63, 3.8) is 0 Å². The summed E-state index contributed by atoms with van der Waals surface area (Å²) in [6.07, 6.45) is 1.66. The molecule has 124 valence electrons. The monoisotopic (exact) mass is 324 g/mol. The summed E-state index contributed by atoms with van der Waals surface area (Å²) in [7, 11) is 1.94. The Bertz CT molecular complexity index is 466. The molecule has 1 N–H and O–H groups in total. The van der Waals surface area contributed by atoms with Gasteiger partial charge in [0.05, 0.1) is 0 Å². The normalized spacial score (nSPS) is 18.9. The van der Waals surface area contributed by atoms with Gasteiger partial charge in [0.25, 0.3) is 0 Å². The molecule has 0 spiro atoms. The van der Waals surface area contributed by atoms with Gasteiger partial charge in [-0.2, -0.15) is 0 Å². The maximum Gasteiger partial charge on any atom is 0.223 e. The maximum absolute atomic E-state index is 12.4. The zero-order valence-electron chi connectivity index (χ0n) is 14.1. The topological polar surface area (TPSA) is 32.3 Å². The molecule has 1 fully saturated rings. The zero-order chi connectivity index (χ0) is 15.4. The van der Waals surface area contributed by atoms with E-state index in [0.29, 0.717) is 18.4 Å². The molecule has 1 amide bonds. The first-order valence-electron chi connectivity index (χ1n) is 8.05. The summed E-state index contributed by atoms with van der Waals surface area (Å²) in [6, 6.07) is 9.08. The number of hydrogen-bond acceptors (Lipinski definition) is 2. The van der Waals surface area contributed by atoms with E-state index in [2.05, 4.69) is 50.4 Å². The van der Waals surface area contributed by atoms with Crippen LogP contribution in [0.15, 0.2) is 24.3 Å². The molecule has 1 aromatic carbocycles. The second-order valence-electron chi connectivity index (χ2n) is 6.58. The average Bonchev–Trinajstić information content (AvgIpc) is 3.00. The Hall–Kier alpha value is -1.06. The van der Waals surface area contributed by atoms with Crippen molar-refractivity contribution in [1.82, 2.24) is 10.2 Å². The molecule has 0 aliphatic carbocycles. The van der Waals surface area contributed by atoms with Gasteiger partial charge in [-0.15, -0.1) is 12.4 Å². The lowest BCUT2D eigenvalue weighted by molar-refractivity contribution is -0.132. The van der Waals surface area contributed by atoms with Crippen molar-refractivity contribution >= 4 is 18.3 Å². The minimum absolute atomic E-state index is 0. The molecular weight excluding hydrogens is 296 g/mol. The largest absolute Gasteiger partial charge is 0.341 e. The summed E-state index contributed by atoms with van der Waals surface area (Å²) in [6.45, 7) is 8.50. The van der Waals surface area contributed by atoms with Crippen LogP contribution in [-0.4, -0.2) is 37.0 Å². The number of likely N-dealkylation sites (N-methyl/N-ethyl adjacent to an activating group) is 1. The Morgan fingerprint density at radius 3 is 2.32 bits per heavy atom. The van der Waals surface area contributed by atoms with Crippen LogP contribution in [0, 0.1) is 0 Å². The fourth-order valence-corrected chi connectivity index (χ4v) is 2.91. The summed E-state index contributed by atoms with van der Waals surface area (Å²) in [4.78, 5) is 14.3. The van der Waals surface area contributed by atoms with Crippen molar-refractivity contribution in [1.29, 1.82) is 0 Å². The molecule has 1 aliphatic heterocycles. The molecule has 1 saturated heterocycles. The van der Waals surface area contributed by atoms with Crippen molar-refractivity contribution in [2.45, 2.75) is 51.5 Å². The van der Waals surface area contributed by atoms with Crippen molar-refractivity contribution in [3.05, 3.63) is 35.4 Å². The lowest BCUT2D eigenvalue weighted by atomic mass is 9.94. The zero-order valence-corrected chi connectivity index (χ0v) is 15.0. The van der Waals surface area contributed by atoms with E-state index in [9.17, 15) is 4.79 Å². The fourth-order valence-electron chi connectivity index (χ4n) is 2.91. The number of nitrogens with zero attached hydrogens (tertiary/aromatic N) is 1. The first-order valence-corrected chi connectivity index (χ1v) is 8.05. The molecule has 22 heavy (non-hydrogen) atoms. The van der Waals surface area contributed by atoms with Gasteiger partial charge in [0.15, 0.2) is 0 Å². The van der Waals surface area contributed by atoms with Crippen molar-refractivity contribution in [3.8, 4) is 0 Å². The first kappa shape index (κ1) is 19.0. The summed E-state index contributed by atoms with van der Waals surface area (Å²) in [5.74, 6) is 1.08. The number of nitrogens with one attached hydrogen (secondary N) is 1. The molecule has 1 aliphatic rings. The van der Waals surface area contributed by atoms with E-state index in [0.717, 1.165) is 19.5 Å². The lowest BCUT2D eigenvalue weighted by Gasteiger charge is -2.25. The maximum atomic E-state index is 12.4. The van der Waals surface area contributed by atoms with Crippen LogP contribution in [-0.2, 0) is 4.79 Å². The predicted octanol–water partition coefficient (Wildman–Crippen LogP) is 3.55. The van der Waals surface area contributed by atoms with Crippen LogP contribution in [0.2, 0.25) is 0 Å². The van der Waals surface area contributed by atoms with E-state index in [1.807, 2.05) is 11.9 Å². The van der Waals surface area contributed by atoms with Gasteiger partial charge >= 0.3 is 0 Å². The predicted molar refractivity (Wildman–Crippen MR) is 94.9 cm³/mol. The van der Waals surface area contributed by atoms with Crippen molar-refractivity contribution in [2.75, 3.05) is 20.1 Å². The number of carbonyl (C=O) groups is 1. The molecular formula is C18H29ClN2O. The van der Waals surface area contributed by atoms with E-state index in [1.165, 1.54) is 11.1 Å². The number of amides is 1. The fraction of sp³-hybridized carbons (Fsp3) is 0.611. The quantitative estimate of drug-likeness (QED) is 0.898. The molecule has 0 bridgehead atoms. The summed E-state index contributed by atoms with van der Waals surface area (Å²) >= 11 is 0. The van der Waals surface area contributed by atoms with Crippen LogP contribution in [0.4, 0.5) is 0 Å². The van der Waals surface area contributed by atoms with Crippen LogP contribution in [0.5, 0.6) is 0 Å². The molecule has 0 radical (unpaired) electrons. The summed E-state index contributed by atoms with van der Waals surface area (Å²) in [5, 5.41) is 3.32. The van der Waals surface area contributed by atoms with E-state index in [4.69, 9.17) is 0 Å². The molecule has 1 heterocycles. The van der Waals surface area contributed by atoms with Gasteiger partial charge in [0, 0.05) is 26.1 Å². The number of rotatable bonds is 5. The van der Waals surface area contributed by atoms with Gasteiger partial charge in [-0.3, -0.25) is 4.79 Å². The number of carbonyl (C=O) groups excluding carboxylic acids is 1. The Morgan fingerprint density at radius 2 is 1.82 bits per heavy atom. The van der Waals surface area contributed by atoms with Crippen LogP contribution < -0.4 is 5.32 Å². The number of halogens is 1. The minimum Gasteiger partial charge on any atom is -0.341 e. The standard InChI is InChI=1S/C18H28N2O.ClH/c1-13(2)15-5-7-16(8-6-15)14(3)11-18(21)20(4)17-9-10-19-12-17;/h5-8,13-14,17,19H,9-12H2,1-4H3;1H. The van der Waals surface area contributed by atoms with Crippen LogP contribution >= 0.6 is 12.4 Å². The summed E-state index contributed by atoms with van der Waals surface area (Å²) < 4.78 is 0. The van der Waals surface area contributed by atoms with Gasteiger partial charge in [-0.1, -0.05) is 45.0 Å². The first-order chi connectivity index (χ1) is 9.99. The number of hydrogen-bond donors (Lipinski definition) is 1. The smallest absolute Gasteiger partial charge is 0.223 e. The second-order valence-corrected chi connectivity index (χ2v) is 6.58. The van der Waals surface area contributed by atoms with Gasteiger partial charge in [-0.25, -0.2) is 0 Å². The van der Waals surface area contributed by atoms with Gasteiger partial charge in [0.2, 0.25) is 5.91 Å². The molecule has 0 aromatic heterocycles.